The van der Waals surface area contributed by atoms with E-state index >= 15 is 0 Å². The zero-order valence-corrected chi connectivity index (χ0v) is 11.8. The second-order valence-electron chi connectivity index (χ2n) is 6.37. The topological polar surface area (TPSA) is 63.3 Å². The molecule has 0 spiro atoms. The van der Waals surface area contributed by atoms with Gasteiger partial charge in [-0.1, -0.05) is 38.5 Å². The van der Waals surface area contributed by atoms with E-state index in [0.29, 0.717) is 0 Å². The fraction of sp³-hybridized carbons (Fsp3) is 0.917. The van der Waals surface area contributed by atoms with E-state index in [2.05, 4.69) is 19.6 Å². The first kappa shape index (κ1) is 13.7. The molecular formula is C12H25NO2Si. The van der Waals surface area contributed by atoms with E-state index in [4.69, 9.17) is 5.73 Å². The largest absolute Gasteiger partial charge is 0.481 e. The Labute approximate surface area is 99.4 Å². The minimum absolute atomic E-state index is 0.143. The molecule has 16 heavy (non-hydrogen) atoms. The Morgan fingerprint density at radius 2 is 2.06 bits per heavy atom. The molecule has 94 valence electrons. The molecule has 0 amide bonds. The third-order valence-corrected chi connectivity index (χ3v) is 5.59. The van der Waals surface area contributed by atoms with Crippen LogP contribution in [0.15, 0.2) is 0 Å². The summed E-state index contributed by atoms with van der Waals surface area (Å²) in [6.45, 7) is 6.87. The average molecular weight is 243 g/mol. The normalized spacial score (nSPS) is 31.4. The lowest BCUT2D eigenvalue weighted by molar-refractivity contribution is -0.152. The van der Waals surface area contributed by atoms with Gasteiger partial charge in [-0.3, -0.25) is 4.79 Å². The number of carbonyl (C=O) groups is 1. The standard InChI is InChI=1S/C12H25NO2Si/c1-16(2,3)9-8-12(11(14)15)7-5-4-6-10(12)13/h10H,4-9,13H2,1-3H3,(H,14,15). The Morgan fingerprint density at radius 1 is 1.44 bits per heavy atom. The van der Waals surface area contributed by atoms with Gasteiger partial charge in [-0.2, -0.15) is 0 Å². The van der Waals surface area contributed by atoms with Crippen molar-refractivity contribution in [1.82, 2.24) is 0 Å². The molecule has 3 N–H and O–H groups in total. The Balaban J connectivity index is 2.76. The monoisotopic (exact) mass is 243 g/mol. The number of hydrogen-bond acceptors (Lipinski definition) is 2. The van der Waals surface area contributed by atoms with Crippen LogP contribution in [-0.4, -0.2) is 25.2 Å². The molecule has 0 heterocycles. The van der Waals surface area contributed by atoms with Gasteiger partial charge in [0.25, 0.3) is 0 Å². The number of rotatable bonds is 4. The highest BCUT2D eigenvalue weighted by molar-refractivity contribution is 6.76. The lowest BCUT2D eigenvalue weighted by Gasteiger charge is -2.40. The van der Waals surface area contributed by atoms with Crippen molar-refractivity contribution in [2.24, 2.45) is 11.1 Å². The maximum Gasteiger partial charge on any atom is 0.311 e. The van der Waals surface area contributed by atoms with Gasteiger partial charge in [-0.25, -0.2) is 0 Å². The molecule has 0 aromatic carbocycles. The van der Waals surface area contributed by atoms with Crippen molar-refractivity contribution in [1.29, 1.82) is 0 Å². The molecule has 1 fully saturated rings. The summed E-state index contributed by atoms with van der Waals surface area (Å²) in [4.78, 5) is 11.5. The van der Waals surface area contributed by atoms with Gasteiger partial charge in [-0.05, 0) is 19.3 Å². The smallest absolute Gasteiger partial charge is 0.311 e. The summed E-state index contributed by atoms with van der Waals surface area (Å²) in [6.07, 6.45) is 4.53. The van der Waals surface area contributed by atoms with E-state index < -0.39 is 19.5 Å². The van der Waals surface area contributed by atoms with E-state index in [1.165, 1.54) is 0 Å². The Kier molecular flexibility index (Phi) is 4.18. The first-order valence-corrected chi connectivity index (χ1v) is 9.98. The Morgan fingerprint density at radius 3 is 2.50 bits per heavy atom. The molecule has 0 radical (unpaired) electrons. The minimum atomic E-state index is -1.18. The highest BCUT2D eigenvalue weighted by Gasteiger charge is 2.45. The molecule has 0 bridgehead atoms. The predicted octanol–water partition coefficient (Wildman–Crippen LogP) is 2.69. The number of carboxylic acid groups (broad SMARTS) is 1. The number of nitrogens with two attached hydrogens (primary N) is 1. The van der Waals surface area contributed by atoms with E-state index in [1.54, 1.807) is 0 Å². The molecule has 1 saturated carbocycles. The molecular weight excluding hydrogens is 218 g/mol. The van der Waals surface area contributed by atoms with E-state index in [0.717, 1.165) is 38.1 Å². The van der Waals surface area contributed by atoms with Gasteiger partial charge >= 0.3 is 5.97 Å². The van der Waals surface area contributed by atoms with Crippen LogP contribution in [0.25, 0.3) is 0 Å². The van der Waals surface area contributed by atoms with Crippen molar-refractivity contribution >= 4 is 14.0 Å². The third kappa shape index (κ3) is 3.07. The van der Waals surface area contributed by atoms with Gasteiger partial charge in [0.1, 0.15) is 0 Å². The Bertz CT molecular complexity index is 262. The molecule has 4 heteroatoms. The van der Waals surface area contributed by atoms with Crippen LogP contribution in [0.4, 0.5) is 0 Å². The molecule has 0 aliphatic heterocycles. The van der Waals surface area contributed by atoms with Crippen LogP contribution < -0.4 is 5.73 Å². The molecule has 2 unspecified atom stereocenters. The second kappa shape index (κ2) is 4.88. The zero-order valence-electron chi connectivity index (χ0n) is 10.8. The fourth-order valence-electron chi connectivity index (χ4n) is 2.55. The average Bonchev–Trinajstić information content (AvgIpc) is 2.15. The van der Waals surface area contributed by atoms with E-state index in [1.807, 2.05) is 0 Å². The van der Waals surface area contributed by atoms with Gasteiger partial charge in [-0.15, -0.1) is 0 Å². The lowest BCUT2D eigenvalue weighted by atomic mass is 9.69. The molecule has 1 rings (SSSR count). The number of carboxylic acids is 1. The lowest BCUT2D eigenvalue weighted by Crippen LogP contribution is -2.50. The fourth-order valence-corrected chi connectivity index (χ4v) is 3.74. The third-order valence-electron chi connectivity index (χ3n) is 3.84. The summed E-state index contributed by atoms with van der Waals surface area (Å²) in [5.41, 5.74) is 5.45. The van der Waals surface area contributed by atoms with Crippen molar-refractivity contribution in [2.75, 3.05) is 0 Å². The van der Waals surface area contributed by atoms with Gasteiger partial charge in [0.05, 0.1) is 5.41 Å². The highest BCUT2D eigenvalue weighted by Crippen LogP contribution is 2.41. The van der Waals surface area contributed by atoms with Crippen molar-refractivity contribution < 1.29 is 9.90 Å². The summed E-state index contributed by atoms with van der Waals surface area (Å²) in [6, 6.07) is 0.919. The van der Waals surface area contributed by atoms with Crippen LogP contribution >= 0.6 is 0 Å². The molecule has 0 aromatic heterocycles. The molecule has 0 aromatic rings. The van der Waals surface area contributed by atoms with Crippen molar-refractivity contribution in [2.45, 2.75) is 63.8 Å². The van der Waals surface area contributed by atoms with Gasteiger partial charge in [0.2, 0.25) is 0 Å². The van der Waals surface area contributed by atoms with Crippen LogP contribution in [0, 0.1) is 5.41 Å². The molecule has 1 aliphatic carbocycles. The maximum atomic E-state index is 11.5. The minimum Gasteiger partial charge on any atom is -0.481 e. The van der Waals surface area contributed by atoms with Crippen molar-refractivity contribution in [3.63, 3.8) is 0 Å². The van der Waals surface area contributed by atoms with Gasteiger partial charge in [0.15, 0.2) is 0 Å². The molecule has 1 aliphatic rings. The van der Waals surface area contributed by atoms with Crippen LogP contribution in [-0.2, 0) is 4.79 Å². The predicted molar refractivity (Wildman–Crippen MR) is 69.3 cm³/mol. The van der Waals surface area contributed by atoms with Gasteiger partial charge in [0, 0.05) is 14.1 Å². The summed E-state index contributed by atoms with van der Waals surface area (Å²) >= 11 is 0. The number of aliphatic carboxylic acids is 1. The van der Waals surface area contributed by atoms with E-state index in [9.17, 15) is 9.90 Å². The first-order valence-electron chi connectivity index (χ1n) is 6.27. The Hall–Kier alpha value is -0.353. The molecule has 3 nitrogen and oxygen atoms in total. The quantitative estimate of drug-likeness (QED) is 0.746. The molecule has 0 saturated heterocycles. The second-order valence-corrected chi connectivity index (χ2v) is 12.0. The highest BCUT2D eigenvalue weighted by atomic mass is 28.3. The van der Waals surface area contributed by atoms with Gasteiger partial charge < -0.3 is 10.8 Å². The maximum absolute atomic E-state index is 11.5. The first-order chi connectivity index (χ1) is 7.28. The number of hydrogen-bond donors (Lipinski definition) is 2. The van der Waals surface area contributed by atoms with Crippen molar-refractivity contribution in [3.05, 3.63) is 0 Å². The molecule has 2 atom stereocenters. The summed E-state index contributed by atoms with van der Waals surface area (Å²) in [5, 5.41) is 9.49. The van der Waals surface area contributed by atoms with E-state index in [-0.39, 0.29) is 6.04 Å². The van der Waals surface area contributed by atoms with Crippen LogP contribution in [0.2, 0.25) is 25.7 Å². The summed E-state index contributed by atoms with van der Waals surface area (Å²) < 4.78 is 0. The van der Waals surface area contributed by atoms with Crippen LogP contribution in [0.5, 0.6) is 0 Å². The van der Waals surface area contributed by atoms with Crippen molar-refractivity contribution in [3.8, 4) is 0 Å². The SMILES string of the molecule is C[Si](C)(C)CCC1(C(=O)O)CCCCC1N. The zero-order chi connectivity index (χ0) is 12.4. The summed E-state index contributed by atoms with van der Waals surface area (Å²) in [5.74, 6) is -0.669. The van der Waals surface area contributed by atoms with Crippen LogP contribution in [0.1, 0.15) is 32.1 Å². The van der Waals surface area contributed by atoms with Crippen LogP contribution in [0.3, 0.4) is 0 Å². The summed E-state index contributed by atoms with van der Waals surface area (Å²) in [7, 11) is -1.18.